The van der Waals surface area contributed by atoms with Crippen LogP contribution in [0.4, 0.5) is 5.82 Å². The standard InChI is InChI=1S/C20H24Cl2N6S/c1-26-18(24)15(9-23)19(27(2)20(26)29)25-10-14-4-3-7-28(12-14)11-13-5-6-16(21)17(22)8-13/h5-6,8,14H,3-4,7,10-12,24H2,1-2H3. The molecule has 1 unspecified atom stereocenters. The summed E-state index contributed by atoms with van der Waals surface area (Å²) in [4.78, 5) is 7.15. The third-order valence-corrected chi connectivity index (χ3v) is 6.62. The molecular formula is C20H24Cl2N6S. The van der Waals surface area contributed by atoms with E-state index in [2.05, 4.69) is 11.0 Å². The van der Waals surface area contributed by atoms with Gasteiger partial charge in [-0.15, -0.1) is 0 Å². The van der Waals surface area contributed by atoms with E-state index in [1.54, 1.807) is 16.2 Å². The van der Waals surface area contributed by atoms with Gasteiger partial charge in [0.15, 0.2) is 10.3 Å². The van der Waals surface area contributed by atoms with E-state index in [-0.39, 0.29) is 0 Å². The number of piperidine rings is 1. The molecule has 3 rings (SSSR count). The fourth-order valence-electron chi connectivity index (χ4n) is 3.72. The maximum atomic E-state index is 9.54. The summed E-state index contributed by atoms with van der Waals surface area (Å²) in [6.07, 6.45) is 2.21. The Morgan fingerprint density at radius 1 is 1.28 bits per heavy atom. The summed E-state index contributed by atoms with van der Waals surface area (Å²) in [5.41, 5.74) is 8.14. The molecule has 0 spiro atoms. The molecule has 0 saturated carbocycles. The van der Waals surface area contributed by atoms with Gasteiger partial charge in [0.1, 0.15) is 17.5 Å². The fraction of sp³-hybridized carbons (Fsp3) is 0.450. The molecule has 2 N–H and O–H groups in total. The van der Waals surface area contributed by atoms with Crippen molar-refractivity contribution in [3.8, 4) is 6.07 Å². The third kappa shape index (κ3) is 4.84. The van der Waals surface area contributed by atoms with Gasteiger partial charge in [-0.3, -0.25) is 9.89 Å². The first-order valence-corrected chi connectivity index (χ1v) is 10.6. The minimum atomic E-state index is 0.347. The molecule has 1 saturated heterocycles. The Morgan fingerprint density at radius 3 is 2.72 bits per heavy atom. The van der Waals surface area contributed by atoms with Gasteiger partial charge in [0.05, 0.1) is 10.0 Å². The molecule has 0 radical (unpaired) electrons. The van der Waals surface area contributed by atoms with Crippen LogP contribution in [0.2, 0.25) is 10.0 Å². The highest BCUT2D eigenvalue weighted by atomic mass is 35.5. The SMILES string of the molecule is Cn1c(N)c(C#N)c(=NCC2CCCN(Cc3ccc(Cl)c(Cl)c3)C2)n(C)c1=S. The summed E-state index contributed by atoms with van der Waals surface area (Å²) in [6, 6.07) is 7.95. The number of nitriles is 1. The minimum Gasteiger partial charge on any atom is -0.384 e. The second kappa shape index (κ2) is 9.31. The topological polar surface area (TPSA) is 75.3 Å². The van der Waals surface area contributed by atoms with Crippen molar-refractivity contribution < 1.29 is 0 Å². The van der Waals surface area contributed by atoms with Crippen molar-refractivity contribution in [2.24, 2.45) is 25.0 Å². The van der Waals surface area contributed by atoms with E-state index >= 15 is 0 Å². The van der Waals surface area contributed by atoms with Gasteiger partial charge in [0.25, 0.3) is 0 Å². The summed E-state index contributed by atoms with van der Waals surface area (Å²) in [5.74, 6) is 0.751. The minimum absolute atomic E-state index is 0.347. The number of likely N-dealkylation sites (tertiary alicyclic amines) is 1. The van der Waals surface area contributed by atoms with Crippen molar-refractivity contribution in [1.82, 2.24) is 14.0 Å². The van der Waals surface area contributed by atoms with Crippen LogP contribution in [0.25, 0.3) is 0 Å². The van der Waals surface area contributed by atoms with E-state index in [0.717, 1.165) is 38.0 Å². The van der Waals surface area contributed by atoms with Crippen LogP contribution in [0.15, 0.2) is 23.2 Å². The number of benzene rings is 1. The molecule has 1 aromatic carbocycles. The van der Waals surface area contributed by atoms with Crippen LogP contribution in [-0.2, 0) is 20.6 Å². The van der Waals surface area contributed by atoms with Crippen molar-refractivity contribution in [1.29, 1.82) is 5.26 Å². The molecule has 29 heavy (non-hydrogen) atoms. The first-order chi connectivity index (χ1) is 13.8. The van der Waals surface area contributed by atoms with Gasteiger partial charge in [-0.05, 0) is 55.2 Å². The summed E-state index contributed by atoms with van der Waals surface area (Å²) in [5, 5.41) is 10.7. The zero-order valence-electron chi connectivity index (χ0n) is 16.5. The zero-order chi connectivity index (χ0) is 21.1. The van der Waals surface area contributed by atoms with Crippen LogP contribution >= 0.6 is 35.4 Å². The average molecular weight is 451 g/mol. The average Bonchev–Trinajstić information content (AvgIpc) is 2.71. The second-order valence-corrected chi connectivity index (χ2v) is 8.61. The highest BCUT2D eigenvalue weighted by molar-refractivity contribution is 7.71. The highest BCUT2D eigenvalue weighted by Crippen LogP contribution is 2.25. The third-order valence-electron chi connectivity index (χ3n) is 5.34. The van der Waals surface area contributed by atoms with E-state index < -0.39 is 0 Å². The van der Waals surface area contributed by atoms with Crippen LogP contribution in [0, 0.1) is 22.0 Å². The maximum Gasteiger partial charge on any atom is 0.182 e. The largest absolute Gasteiger partial charge is 0.384 e. The number of nitrogens with two attached hydrogens (primary N) is 1. The molecule has 2 aromatic rings. The zero-order valence-corrected chi connectivity index (χ0v) is 18.9. The number of hydrogen-bond acceptors (Lipinski definition) is 5. The van der Waals surface area contributed by atoms with Crippen LogP contribution < -0.4 is 11.2 Å². The van der Waals surface area contributed by atoms with E-state index in [1.165, 1.54) is 0 Å². The van der Waals surface area contributed by atoms with Crippen LogP contribution in [0.1, 0.15) is 24.0 Å². The van der Waals surface area contributed by atoms with Gasteiger partial charge < -0.3 is 14.9 Å². The first-order valence-electron chi connectivity index (χ1n) is 9.44. The van der Waals surface area contributed by atoms with Crippen LogP contribution in [0.3, 0.4) is 0 Å². The molecule has 0 aliphatic carbocycles. The Labute approximate surface area is 185 Å². The highest BCUT2D eigenvalue weighted by Gasteiger charge is 2.20. The lowest BCUT2D eigenvalue weighted by molar-refractivity contribution is 0.170. The monoisotopic (exact) mass is 450 g/mol. The molecule has 9 heteroatoms. The molecule has 1 aliphatic rings. The van der Waals surface area contributed by atoms with Gasteiger partial charge in [-0.1, -0.05) is 29.3 Å². The van der Waals surface area contributed by atoms with Gasteiger partial charge in [-0.2, -0.15) is 5.26 Å². The van der Waals surface area contributed by atoms with Gasteiger partial charge in [0.2, 0.25) is 0 Å². The van der Waals surface area contributed by atoms with E-state index in [0.29, 0.717) is 44.1 Å². The maximum absolute atomic E-state index is 9.54. The summed E-state index contributed by atoms with van der Waals surface area (Å²) >= 11 is 17.6. The summed E-state index contributed by atoms with van der Waals surface area (Å²) in [7, 11) is 3.57. The Kier molecular flexibility index (Phi) is 7.01. The van der Waals surface area contributed by atoms with Crippen molar-refractivity contribution >= 4 is 41.2 Å². The molecule has 6 nitrogen and oxygen atoms in total. The second-order valence-electron chi connectivity index (χ2n) is 7.43. The normalized spacial score (nSPS) is 18.0. The van der Waals surface area contributed by atoms with Gasteiger partial charge in [-0.25, -0.2) is 0 Å². The quantitative estimate of drug-likeness (QED) is 0.720. The molecule has 1 fully saturated rings. The molecule has 2 heterocycles. The predicted molar refractivity (Wildman–Crippen MR) is 119 cm³/mol. The van der Waals surface area contributed by atoms with Crippen molar-refractivity contribution in [3.63, 3.8) is 0 Å². The lowest BCUT2D eigenvalue weighted by atomic mass is 9.97. The molecular weight excluding hydrogens is 427 g/mol. The van der Waals surface area contributed by atoms with Gasteiger partial charge in [0, 0.05) is 33.7 Å². The molecule has 1 aromatic heterocycles. The number of anilines is 1. The molecule has 0 amide bonds. The van der Waals surface area contributed by atoms with E-state index in [1.807, 2.05) is 25.2 Å². The molecule has 154 valence electrons. The molecule has 0 bridgehead atoms. The lowest BCUT2D eigenvalue weighted by Crippen LogP contribution is -2.37. The Morgan fingerprint density at radius 2 is 2.03 bits per heavy atom. The van der Waals surface area contributed by atoms with Crippen molar-refractivity contribution in [2.45, 2.75) is 19.4 Å². The Bertz CT molecular complexity index is 1080. The summed E-state index contributed by atoms with van der Waals surface area (Å²) < 4.78 is 3.91. The van der Waals surface area contributed by atoms with Crippen molar-refractivity contribution in [2.75, 3.05) is 25.4 Å². The molecule has 1 aliphatic heterocycles. The lowest BCUT2D eigenvalue weighted by Gasteiger charge is -2.32. The van der Waals surface area contributed by atoms with Gasteiger partial charge >= 0.3 is 0 Å². The van der Waals surface area contributed by atoms with E-state index in [4.69, 9.17) is 46.1 Å². The Hall–Kier alpha value is -1.85. The molecule has 1 atom stereocenters. The number of aromatic nitrogens is 2. The predicted octanol–water partition coefficient (Wildman–Crippen LogP) is 3.67. The van der Waals surface area contributed by atoms with Crippen molar-refractivity contribution in [3.05, 3.63) is 49.6 Å². The van der Waals surface area contributed by atoms with Crippen LogP contribution in [0.5, 0.6) is 0 Å². The fourth-order valence-corrected chi connectivity index (χ4v) is 4.22. The number of hydrogen-bond donors (Lipinski definition) is 1. The Balaban J connectivity index is 1.77. The first kappa shape index (κ1) is 21.8. The van der Waals surface area contributed by atoms with E-state index in [9.17, 15) is 5.26 Å². The number of rotatable bonds is 4. The number of nitrogens with zero attached hydrogens (tertiary/aromatic N) is 5. The van der Waals surface area contributed by atoms with Crippen LogP contribution in [-0.4, -0.2) is 33.7 Å². The smallest absolute Gasteiger partial charge is 0.182 e. The number of halogens is 2. The summed E-state index contributed by atoms with van der Waals surface area (Å²) in [6.45, 7) is 3.43. The number of nitrogen functional groups attached to an aromatic ring is 1.